The van der Waals surface area contributed by atoms with E-state index in [1.165, 1.54) is 17.8 Å². The predicted molar refractivity (Wildman–Crippen MR) is 99.5 cm³/mol. The molecule has 26 heavy (non-hydrogen) atoms. The summed E-state index contributed by atoms with van der Waals surface area (Å²) in [6.07, 6.45) is -0.261. The maximum absolute atomic E-state index is 14.9. The Morgan fingerprint density at radius 2 is 2.12 bits per heavy atom. The molecule has 0 spiro atoms. The molecule has 0 bridgehead atoms. The fourth-order valence-electron chi connectivity index (χ4n) is 2.86. The number of alkyl halides is 1. The normalized spacial score (nSPS) is 25.5. The van der Waals surface area contributed by atoms with Crippen molar-refractivity contribution in [3.05, 3.63) is 59.7 Å². The molecule has 1 aromatic carbocycles. The Balaban J connectivity index is 1.87. The third kappa shape index (κ3) is 3.55. The molecule has 1 amide bonds. The fourth-order valence-corrected chi connectivity index (χ4v) is 3.87. The number of nitrogens with two attached hydrogens (primary N) is 1. The summed E-state index contributed by atoms with van der Waals surface area (Å²) < 4.78 is 27.8. The van der Waals surface area contributed by atoms with Crippen LogP contribution in [0.2, 0.25) is 0 Å². The summed E-state index contributed by atoms with van der Waals surface area (Å²) in [6, 6.07) is 9.24. The number of aromatic nitrogens is 1. The van der Waals surface area contributed by atoms with Crippen molar-refractivity contribution in [3.8, 4) is 0 Å². The summed E-state index contributed by atoms with van der Waals surface area (Å²) in [5.74, 6) is -1.01. The van der Waals surface area contributed by atoms with E-state index >= 15 is 0 Å². The molecule has 0 aliphatic carbocycles. The topological polar surface area (TPSA) is 80.4 Å². The first kappa shape index (κ1) is 18.3. The zero-order valence-electron chi connectivity index (χ0n) is 14.2. The number of hydrogen-bond donors (Lipinski definition) is 2. The van der Waals surface area contributed by atoms with Crippen molar-refractivity contribution in [1.29, 1.82) is 0 Å². The lowest BCUT2D eigenvalue weighted by atomic mass is 9.86. The van der Waals surface area contributed by atoms with Gasteiger partial charge in [0.25, 0.3) is 5.91 Å². The highest BCUT2D eigenvalue weighted by molar-refractivity contribution is 8.14. The van der Waals surface area contributed by atoms with Crippen LogP contribution in [0.3, 0.4) is 0 Å². The van der Waals surface area contributed by atoms with E-state index in [9.17, 15) is 13.6 Å². The summed E-state index contributed by atoms with van der Waals surface area (Å²) in [6.45, 7) is 3.45. The van der Waals surface area contributed by atoms with E-state index < -0.39 is 23.4 Å². The zero-order chi connectivity index (χ0) is 18.9. The number of pyridine rings is 1. The highest BCUT2D eigenvalue weighted by Crippen LogP contribution is 2.41. The first-order valence-corrected chi connectivity index (χ1v) is 8.87. The monoisotopic (exact) mass is 376 g/mol. The van der Waals surface area contributed by atoms with E-state index in [1.54, 1.807) is 38.1 Å². The summed E-state index contributed by atoms with van der Waals surface area (Å²) in [5, 5.41) is 2.68. The van der Waals surface area contributed by atoms with E-state index in [2.05, 4.69) is 15.3 Å². The second-order valence-electron chi connectivity index (χ2n) is 6.22. The van der Waals surface area contributed by atoms with Crippen molar-refractivity contribution in [2.45, 2.75) is 30.8 Å². The molecule has 2 heterocycles. The molecule has 3 atom stereocenters. The van der Waals surface area contributed by atoms with Crippen molar-refractivity contribution >= 4 is 28.5 Å². The van der Waals surface area contributed by atoms with Crippen molar-refractivity contribution in [2.24, 2.45) is 10.7 Å². The van der Waals surface area contributed by atoms with Gasteiger partial charge in [0.15, 0.2) is 5.17 Å². The molecule has 0 saturated heterocycles. The van der Waals surface area contributed by atoms with Crippen LogP contribution >= 0.6 is 11.8 Å². The number of rotatable bonds is 3. The van der Waals surface area contributed by atoms with E-state index in [0.29, 0.717) is 16.4 Å². The summed E-state index contributed by atoms with van der Waals surface area (Å²) in [7, 11) is 0. The van der Waals surface area contributed by atoms with Crippen LogP contribution in [-0.4, -0.2) is 27.5 Å². The maximum Gasteiger partial charge on any atom is 0.274 e. The number of hydrogen-bond acceptors (Lipinski definition) is 5. The van der Waals surface area contributed by atoms with E-state index in [4.69, 9.17) is 5.73 Å². The first-order chi connectivity index (χ1) is 12.3. The third-order valence-electron chi connectivity index (χ3n) is 4.26. The van der Waals surface area contributed by atoms with Gasteiger partial charge in [-0.05, 0) is 43.7 Å². The molecular weight excluding hydrogens is 358 g/mol. The number of thioether (sulfide) groups is 1. The number of amidine groups is 1. The minimum absolute atomic E-state index is 0.0799. The quantitative estimate of drug-likeness (QED) is 0.859. The standard InChI is InChI=1S/C18H18F2N4OS/c1-10-15(20)18(2,24-17(21)26-10)11-4-3-5-13(8-11)23-16(25)14-7-6-12(19)9-22-14/h3-10,15H,1-2H3,(H2,21,24)(H,23,25)/t10-,15+,18-/m1/s1. The average Bonchev–Trinajstić information content (AvgIpc) is 2.60. The lowest BCUT2D eigenvalue weighted by Gasteiger charge is -2.37. The Labute approximate surface area is 154 Å². The molecular formula is C18H18F2N4OS. The first-order valence-electron chi connectivity index (χ1n) is 7.99. The Morgan fingerprint density at radius 3 is 2.81 bits per heavy atom. The minimum atomic E-state index is -1.23. The number of aliphatic imine (C=N–C) groups is 1. The van der Waals surface area contributed by atoms with Gasteiger partial charge in [0.1, 0.15) is 23.2 Å². The second kappa shape index (κ2) is 7.03. The van der Waals surface area contributed by atoms with Gasteiger partial charge in [0.2, 0.25) is 0 Å². The SMILES string of the molecule is C[C@H]1SC(N)=N[C@](C)(c2cccc(NC(=O)c3ccc(F)cn3)c2)[C@H]1F. The largest absolute Gasteiger partial charge is 0.379 e. The van der Waals surface area contributed by atoms with Crippen LogP contribution in [-0.2, 0) is 5.54 Å². The number of nitrogens with zero attached hydrogens (tertiary/aromatic N) is 2. The van der Waals surface area contributed by atoms with Gasteiger partial charge in [-0.3, -0.25) is 4.79 Å². The Hall–Kier alpha value is -2.48. The summed E-state index contributed by atoms with van der Waals surface area (Å²) >= 11 is 1.20. The number of nitrogens with one attached hydrogen (secondary N) is 1. The van der Waals surface area contributed by atoms with Crippen molar-refractivity contribution in [3.63, 3.8) is 0 Å². The third-order valence-corrected chi connectivity index (χ3v) is 5.21. The number of amides is 1. The molecule has 2 aromatic rings. The summed E-state index contributed by atoms with van der Waals surface area (Å²) in [4.78, 5) is 20.3. The van der Waals surface area contributed by atoms with Crippen LogP contribution in [0.25, 0.3) is 0 Å². The molecule has 3 N–H and O–H groups in total. The van der Waals surface area contributed by atoms with Gasteiger partial charge in [0.05, 0.1) is 6.20 Å². The van der Waals surface area contributed by atoms with E-state index in [-0.39, 0.29) is 10.9 Å². The van der Waals surface area contributed by atoms with Crippen LogP contribution in [0.5, 0.6) is 0 Å². The molecule has 1 aromatic heterocycles. The lowest BCUT2D eigenvalue weighted by molar-refractivity contribution is 0.102. The Bertz CT molecular complexity index is 859. The fraction of sp³-hybridized carbons (Fsp3) is 0.278. The van der Waals surface area contributed by atoms with Crippen LogP contribution in [0.1, 0.15) is 29.9 Å². The number of benzene rings is 1. The predicted octanol–water partition coefficient (Wildman–Crippen LogP) is 3.48. The van der Waals surface area contributed by atoms with Crippen LogP contribution in [0.15, 0.2) is 47.6 Å². The molecule has 5 nitrogen and oxygen atoms in total. The highest BCUT2D eigenvalue weighted by Gasteiger charge is 2.43. The molecule has 136 valence electrons. The zero-order valence-corrected chi connectivity index (χ0v) is 15.1. The Morgan fingerprint density at radius 1 is 1.35 bits per heavy atom. The van der Waals surface area contributed by atoms with Gasteiger partial charge in [-0.1, -0.05) is 23.9 Å². The van der Waals surface area contributed by atoms with Crippen molar-refractivity contribution < 1.29 is 13.6 Å². The van der Waals surface area contributed by atoms with E-state index in [1.807, 2.05) is 0 Å². The molecule has 0 radical (unpaired) electrons. The average molecular weight is 376 g/mol. The maximum atomic E-state index is 14.9. The minimum Gasteiger partial charge on any atom is -0.379 e. The second-order valence-corrected chi connectivity index (χ2v) is 7.62. The smallest absolute Gasteiger partial charge is 0.274 e. The van der Waals surface area contributed by atoms with E-state index in [0.717, 1.165) is 12.3 Å². The number of halogens is 2. The number of carbonyl (C=O) groups excluding carboxylic acids is 1. The molecule has 8 heteroatoms. The Kier molecular flexibility index (Phi) is 4.95. The van der Waals surface area contributed by atoms with Crippen molar-refractivity contribution in [2.75, 3.05) is 5.32 Å². The van der Waals surface area contributed by atoms with Gasteiger partial charge in [0, 0.05) is 10.9 Å². The van der Waals surface area contributed by atoms with Crippen LogP contribution in [0, 0.1) is 5.82 Å². The van der Waals surface area contributed by atoms with Crippen LogP contribution < -0.4 is 11.1 Å². The molecule has 0 saturated carbocycles. The highest BCUT2D eigenvalue weighted by atomic mass is 32.2. The molecule has 3 rings (SSSR count). The molecule has 0 unspecified atom stereocenters. The molecule has 0 fully saturated rings. The van der Waals surface area contributed by atoms with Gasteiger partial charge in [-0.2, -0.15) is 0 Å². The van der Waals surface area contributed by atoms with Gasteiger partial charge < -0.3 is 11.1 Å². The van der Waals surface area contributed by atoms with Gasteiger partial charge >= 0.3 is 0 Å². The van der Waals surface area contributed by atoms with Crippen LogP contribution in [0.4, 0.5) is 14.5 Å². The van der Waals surface area contributed by atoms with Crippen molar-refractivity contribution in [1.82, 2.24) is 4.98 Å². The lowest BCUT2D eigenvalue weighted by Crippen LogP contribution is -2.43. The number of carbonyl (C=O) groups is 1. The number of anilines is 1. The van der Waals surface area contributed by atoms with Gasteiger partial charge in [-0.25, -0.2) is 18.8 Å². The summed E-state index contributed by atoms with van der Waals surface area (Å²) in [5.41, 5.74) is 5.86. The van der Waals surface area contributed by atoms with Gasteiger partial charge in [-0.15, -0.1) is 0 Å². The molecule has 1 aliphatic rings. The molecule has 1 aliphatic heterocycles.